The van der Waals surface area contributed by atoms with Crippen molar-refractivity contribution in [3.05, 3.63) is 89.5 Å². The Labute approximate surface area is 187 Å². The van der Waals surface area contributed by atoms with Gasteiger partial charge in [0.15, 0.2) is 6.61 Å². The summed E-state index contributed by atoms with van der Waals surface area (Å²) in [5.41, 5.74) is 4.52. The summed E-state index contributed by atoms with van der Waals surface area (Å²) in [5, 5.41) is 3.98. The lowest BCUT2D eigenvalue weighted by Gasteiger charge is -2.15. The minimum Gasteiger partial charge on any atom is -0.454 e. The predicted molar refractivity (Wildman–Crippen MR) is 119 cm³/mol. The summed E-state index contributed by atoms with van der Waals surface area (Å²) in [4.78, 5) is 62.9. The number of Topliss-reactive ketones (excluding diaryl/α,β-unsaturated/α-hetero) is 1. The maximum Gasteiger partial charge on any atom is 0.344 e. The summed E-state index contributed by atoms with van der Waals surface area (Å²) < 4.78 is 7.89. The van der Waals surface area contributed by atoms with E-state index in [0.717, 1.165) is 19.4 Å². The molecule has 0 aliphatic heterocycles. The van der Waals surface area contributed by atoms with Crippen molar-refractivity contribution in [2.75, 3.05) is 12.3 Å². The van der Waals surface area contributed by atoms with E-state index in [-0.39, 0.29) is 17.9 Å². The summed E-state index contributed by atoms with van der Waals surface area (Å²) in [6, 6.07) is 8.88. The van der Waals surface area contributed by atoms with Gasteiger partial charge in [-0.2, -0.15) is 5.10 Å². The van der Waals surface area contributed by atoms with Crippen molar-refractivity contribution in [3.63, 3.8) is 0 Å². The molecule has 0 atom stereocenters. The van der Waals surface area contributed by atoms with Gasteiger partial charge in [0, 0.05) is 14.1 Å². The van der Waals surface area contributed by atoms with Crippen LogP contribution in [-0.2, 0) is 25.4 Å². The van der Waals surface area contributed by atoms with E-state index in [4.69, 9.17) is 10.5 Å². The fourth-order valence-corrected chi connectivity index (χ4v) is 3.33. The van der Waals surface area contributed by atoms with Crippen LogP contribution >= 0.6 is 0 Å². The first kappa shape index (κ1) is 23.4. The van der Waals surface area contributed by atoms with Gasteiger partial charge in [-0.25, -0.2) is 14.3 Å². The number of hydrogen-bond donors (Lipinski definition) is 1. The van der Waals surface area contributed by atoms with E-state index in [2.05, 4.69) is 5.10 Å². The van der Waals surface area contributed by atoms with Gasteiger partial charge >= 0.3 is 11.7 Å². The smallest absolute Gasteiger partial charge is 0.344 e. The zero-order chi connectivity index (χ0) is 24.4. The Morgan fingerprint density at radius 2 is 1.64 bits per heavy atom. The van der Waals surface area contributed by atoms with Crippen LogP contribution in [0.25, 0.3) is 0 Å². The molecule has 0 aliphatic rings. The molecule has 3 aromatic rings. The van der Waals surface area contributed by atoms with Crippen molar-refractivity contribution >= 4 is 17.6 Å². The molecule has 0 amide bonds. The third-order valence-electron chi connectivity index (χ3n) is 5.31. The van der Waals surface area contributed by atoms with Crippen molar-refractivity contribution in [3.8, 4) is 0 Å². The lowest BCUT2D eigenvalue weighted by atomic mass is 10.1. The normalized spacial score (nSPS) is 10.8. The molecule has 172 valence electrons. The zero-order valence-electron chi connectivity index (χ0n) is 18.6. The number of ether oxygens (including phenoxy) is 1. The average Bonchev–Trinajstić information content (AvgIpc) is 2.79. The van der Waals surface area contributed by atoms with Crippen LogP contribution in [0, 0.1) is 13.8 Å². The molecule has 2 heterocycles. The number of aryl methyl sites for hydroxylation is 2. The molecule has 0 saturated heterocycles. The van der Waals surface area contributed by atoms with Gasteiger partial charge < -0.3 is 10.5 Å². The van der Waals surface area contributed by atoms with Gasteiger partial charge in [-0.15, -0.1) is 0 Å². The number of esters is 1. The van der Waals surface area contributed by atoms with Crippen molar-refractivity contribution in [2.45, 2.75) is 20.4 Å². The Kier molecular flexibility index (Phi) is 6.43. The van der Waals surface area contributed by atoms with E-state index in [1.807, 2.05) is 0 Å². The number of rotatable bonds is 6. The maximum absolute atomic E-state index is 12.8. The van der Waals surface area contributed by atoms with Crippen molar-refractivity contribution in [1.29, 1.82) is 0 Å². The summed E-state index contributed by atoms with van der Waals surface area (Å²) in [6.07, 6.45) is 0. The Morgan fingerprint density at radius 3 is 2.27 bits per heavy atom. The summed E-state index contributed by atoms with van der Waals surface area (Å²) in [7, 11) is 2.61. The van der Waals surface area contributed by atoms with E-state index in [9.17, 15) is 24.0 Å². The molecule has 11 heteroatoms. The van der Waals surface area contributed by atoms with Gasteiger partial charge in [-0.3, -0.25) is 23.5 Å². The molecule has 0 bridgehead atoms. The highest BCUT2D eigenvalue weighted by Gasteiger charge is 2.25. The van der Waals surface area contributed by atoms with E-state index >= 15 is 0 Å². The minimum atomic E-state index is -1.03. The number of benzene rings is 1. The third kappa shape index (κ3) is 4.38. The fourth-order valence-electron chi connectivity index (χ4n) is 3.33. The molecule has 0 radical (unpaired) electrons. The van der Waals surface area contributed by atoms with Crippen LogP contribution in [0.1, 0.15) is 37.5 Å². The average molecular weight is 453 g/mol. The fraction of sp³-hybridized carbons (Fsp3) is 0.273. The lowest BCUT2D eigenvalue weighted by molar-refractivity contribution is 0.0470. The standard InChI is InChI=1S/C22H23N5O6/c1-12-13(2)24-26(4)20(30)16(12)21(31)33-11-15(28)17-18(23)27(22(32)25(3)19(17)29)10-14-8-6-5-7-9-14/h5-9H,10-11,23H2,1-4H3. The Balaban J connectivity index is 1.94. The molecule has 2 N–H and O–H groups in total. The van der Waals surface area contributed by atoms with E-state index in [1.54, 1.807) is 37.3 Å². The first-order valence-corrected chi connectivity index (χ1v) is 9.92. The lowest BCUT2D eigenvalue weighted by Crippen LogP contribution is -2.43. The van der Waals surface area contributed by atoms with Crippen LogP contribution in [0.15, 0.2) is 44.7 Å². The second kappa shape index (κ2) is 9.07. The number of anilines is 1. The number of nitrogen functional groups attached to an aromatic ring is 1. The second-order valence-corrected chi connectivity index (χ2v) is 7.49. The van der Waals surface area contributed by atoms with Crippen molar-refractivity contribution in [1.82, 2.24) is 18.9 Å². The van der Waals surface area contributed by atoms with Gasteiger partial charge in [0.05, 0.1) is 12.2 Å². The highest BCUT2D eigenvalue weighted by atomic mass is 16.5. The van der Waals surface area contributed by atoms with Gasteiger partial charge in [-0.1, -0.05) is 30.3 Å². The molecule has 0 aliphatic carbocycles. The van der Waals surface area contributed by atoms with Crippen LogP contribution in [-0.4, -0.2) is 37.3 Å². The van der Waals surface area contributed by atoms with E-state index in [0.29, 0.717) is 11.3 Å². The number of nitrogens with two attached hydrogens (primary N) is 1. The second-order valence-electron chi connectivity index (χ2n) is 7.49. The van der Waals surface area contributed by atoms with Gasteiger partial charge in [0.1, 0.15) is 16.9 Å². The highest BCUT2D eigenvalue weighted by molar-refractivity contribution is 6.02. The Bertz CT molecular complexity index is 1430. The molecular weight excluding hydrogens is 430 g/mol. The molecule has 0 fully saturated rings. The zero-order valence-corrected chi connectivity index (χ0v) is 18.6. The highest BCUT2D eigenvalue weighted by Crippen LogP contribution is 2.11. The van der Waals surface area contributed by atoms with Gasteiger partial charge in [0.2, 0.25) is 5.78 Å². The molecule has 0 unspecified atom stereocenters. The number of nitrogens with zero attached hydrogens (tertiary/aromatic N) is 4. The van der Waals surface area contributed by atoms with E-state index in [1.165, 1.54) is 21.0 Å². The number of aromatic nitrogens is 4. The van der Waals surface area contributed by atoms with Crippen LogP contribution in [0.4, 0.5) is 5.82 Å². The van der Waals surface area contributed by atoms with Crippen LogP contribution in [0.3, 0.4) is 0 Å². The molecule has 0 saturated carbocycles. The number of carbonyl (C=O) groups excluding carboxylic acids is 2. The summed E-state index contributed by atoms with van der Waals surface area (Å²) in [5.74, 6) is -2.26. The number of ketones is 1. The minimum absolute atomic E-state index is 0.0330. The quantitative estimate of drug-likeness (QED) is 0.403. The Morgan fingerprint density at radius 1 is 1.00 bits per heavy atom. The third-order valence-corrected chi connectivity index (χ3v) is 5.31. The van der Waals surface area contributed by atoms with Crippen LogP contribution in [0.2, 0.25) is 0 Å². The van der Waals surface area contributed by atoms with E-state index < -0.39 is 40.7 Å². The first-order valence-electron chi connectivity index (χ1n) is 9.92. The number of carbonyl (C=O) groups is 2. The monoisotopic (exact) mass is 453 g/mol. The molecule has 33 heavy (non-hydrogen) atoms. The molecule has 1 aromatic carbocycles. The van der Waals surface area contributed by atoms with Gasteiger partial charge in [0.25, 0.3) is 11.1 Å². The molecule has 11 nitrogen and oxygen atoms in total. The molecular formula is C22H23N5O6. The summed E-state index contributed by atoms with van der Waals surface area (Å²) in [6.45, 7) is 2.35. The molecule has 0 spiro atoms. The van der Waals surface area contributed by atoms with Crippen LogP contribution < -0.4 is 22.5 Å². The maximum atomic E-state index is 12.8. The molecule has 2 aromatic heterocycles. The Hall–Kier alpha value is -4.28. The predicted octanol–water partition coefficient (Wildman–Crippen LogP) is -0.0723. The first-order chi connectivity index (χ1) is 15.5. The topological polar surface area (TPSA) is 148 Å². The van der Waals surface area contributed by atoms with Crippen molar-refractivity contribution < 1.29 is 14.3 Å². The van der Waals surface area contributed by atoms with Crippen molar-refractivity contribution in [2.24, 2.45) is 14.1 Å². The van der Waals surface area contributed by atoms with Gasteiger partial charge in [-0.05, 0) is 25.0 Å². The molecule has 3 rings (SSSR count). The number of hydrogen-bond acceptors (Lipinski definition) is 8. The summed E-state index contributed by atoms with van der Waals surface area (Å²) >= 11 is 0. The van der Waals surface area contributed by atoms with Crippen LogP contribution in [0.5, 0.6) is 0 Å². The largest absolute Gasteiger partial charge is 0.454 e. The SMILES string of the molecule is Cc1nn(C)c(=O)c(C(=O)OCC(=O)c2c(N)n(Cc3ccccc3)c(=O)n(C)c2=O)c1C.